The molecule has 0 atom stereocenters. The quantitative estimate of drug-likeness (QED) is 0.276. The minimum absolute atomic E-state index is 0.0104. The second-order valence-electron chi connectivity index (χ2n) is 6.61. The summed E-state index contributed by atoms with van der Waals surface area (Å²) in [4.78, 5) is 19.8. The molecule has 0 aliphatic heterocycles. The average molecular weight is 526 g/mol. The van der Waals surface area contributed by atoms with Gasteiger partial charge in [0.1, 0.15) is 11.5 Å². The number of aromatic nitrogens is 2. The highest BCUT2D eigenvalue weighted by atomic mass is 79.9. The molecule has 0 radical (unpaired) electrons. The Morgan fingerprint density at radius 3 is 2.36 bits per heavy atom. The number of nitrogens with one attached hydrogen (secondary N) is 2. The Kier molecular flexibility index (Phi) is 6.61. The molecule has 9 nitrogen and oxygen atoms in total. The third-order valence-corrected chi connectivity index (χ3v) is 6.20. The summed E-state index contributed by atoms with van der Waals surface area (Å²) in [7, 11) is -3.82. The molecule has 0 spiro atoms. The predicted molar refractivity (Wildman–Crippen MR) is 126 cm³/mol. The number of carbonyl (C=O) groups excluding carboxylic acids is 1. The van der Waals surface area contributed by atoms with E-state index in [4.69, 9.17) is 4.42 Å². The summed E-state index contributed by atoms with van der Waals surface area (Å²) in [6, 6.07) is 18.0. The van der Waals surface area contributed by atoms with Gasteiger partial charge in [-0.15, -0.1) is 0 Å². The van der Waals surface area contributed by atoms with Gasteiger partial charge in [-0.25, -0.2) is 28.5 Å². The van der Waals surface area contributed by atoms with Crippen molar-refractivity contribution in [3.05, 3.63) is 94.9 Å². The summed E-state index contributed by atoms with van der Waals surface area (Å²) in [5.41, 5.74) is 3.57. The van der Waals surface area contributed by atoms with E-state index >= 15 is 0 Å². The minimum Gasteiger partial charge on any atom is -0.455 e. The normalized spacial score (nSPS) is 11.4. The lowest BCUT2D eigenvalue weighted by Gasteiger charge is -2.06. The van der Waals surface area contributed by atoms with Gasteiger partial charge in [-0.05, 0) is 66.7 Å². The molecule has 166 valence electrons. The molecule has 0 saturated carbocycles. The fourth-order valence-electron chi connectivity index (χ4n) is 2.73. The average Bonchev–Trinajstić information content (AvgIpc) is 3.29. The zero-order valence-electron chi connectivity index (χ0n) is 16.8. The summed E-state index contributed by atoms with van der Waals surface area (Å²) in [5, 5.41) is 3.90. The fraction of sp³-hybridized carbons (Fsp3) is 0. The molecule has 11 heteroatoms. The zero-order valence-corrected chi connectivity index (χ0v) is 19.2. The van der Waals surface area contributed by atoms with Gasteiger partial charge in [0.05, 0.1) is 11.1 Å². The van der Waals surface area contributed by atoms with Crippen LogP contribution < -0.4 is 10.1 Å². The number of benzene rings is 2. The maximum absolute atomic E-state index is 12.5. The Morgan fingerprint density at radius 1 is 0.970 bits per heavy atom. The van der Waals surface area contributed by atoms with Crippen molar-refractivity contribution in [3.8, 4) is 11.3 Å². The minimum atomic E-state index is -3.82. The Labute approximate surface area is 197 Å². The van der Waals surface area contributed by atoms with Crippen LogP contribution in [0.2, 0.25) is 0 Å². The highest BCUT2D eigenvalue weighted by Crippen LogP contribution is 2.24. The van der Waals surface area contributed by atoms with Gasteiger partial charge in [0.15, 0.2) is 0 Å². The van der Waals surface area contributed by atoms with Gasteiger partial charge in [0, 0.05) is 28.0 Å². The van der Waals surface area contributed by atoms with Gasteiger partial charge < -0.3 is 4.42 Å². The standard InChI is InChI=1S/C22H16BrN5O4S/c23-17-6-2-16(3-7-17)21(29)27-26-14-18-8-11-20(32-18)15-4-9-19(10-5-15)33(30,31)28-22-24-12-1-13-25-22/h1-14H,(H,27,29)(H,24,25,28)/b26-14+. The van der Waals surface area contributed by atoms with Crippen molar-refractivity contribution in [1.29, 1.82) is 0 Å². The molecule has 4 aromatic rings. The molecule has 0 aliphatic rings. The molecule has 0 unspecified atom stereocenters. The lowest BCUT2D eigenvalue weighted by molar-refractivity contribution is 0.0955. The molecule has 2 aromatic heterocycles. The zero-order chi connectivity index (χ0) is 23.3. The fourth-order valence-corrected chi connectivity index (χ4v) is 3.95. The summed E-state index contributed by atoms with van der Waals surface area (Å²) >= 11 is 3.31. The summed E-state index contributed by atoms with van der Waals surface area (Å²) in [6.07, 6.45) is 4.26. The van der Waals surface area contributed by atoms with Crippen LogP contribution in [0.1, 0.15) is 16.1 Å². The van der Waals surface area contributed by atoms with Crippen molar-refractivity contribution in [2.75, 3.05) is 4.72 Å². The molecule has 0 aliphatic carbocycles. The van der Waals surface area contributed by atoms with Crippen molar-refractivity contribution in [2.24, 2.45) is 5.10 Å². The van der Waals surface area contributed by atoms with Crippen LogP contribution >= 0.6 is 15.9 Å². The molecular formula is C22H16BrN5O4S. The van der Waals surface area contributed by atoms with Gasteiger partial charge in [-0.3, -0.25) is 4.79 Å². The molecule has 33 heavy (non-hydrogen) atoms. The van der Waals surface area contributed by atoms with E-state index in [-0.39, 0.29) is 16.8 Å². The number of sulfonamides is 1. The molecule has 2 aromatic carbocycles. The van der Waals surface area contributed by atoms with E-state index < -0.39 is 10.0 Å². The van der Waals surface area contributed by atoms with Gasteiger partial charge in [-0.1, -0.05) is 15.9 Å². The van der Waals surface area contributed by atoms with Crippen LogP contribution in [0.5, 0.6) is 0 Å². The van der Waals surface area contributed by atoms with Crippen LogP contribution in [-0.2, 0) is 10.0 Å². The van der Waals surface area contributed by atoms with Crippen LogP contribution in [0.3, 0.4) is 0 Å². The maximum Gasteiger partial charge on any atom is 0.271 e. The molecule has 0 fully saturated rings. The van der Waals surface area contributed by atoms with Crippen LogP contribution in [-0.4, -0.2) is 30.5 Å². The number of furan rings is 1. The van der Waals surface area contributed by atoms with Crippen molar-refractivity contribution >= 4 is 44.0 Å². The molecule has 2 heterocycles. The highest BCUT2D eigenvalue weighted by Gasteiger charge is 2.16. The van der Waals surface area contributed by atoms with Gasteiger partial charge in [-0.2, -0.15) is 5.10 Å². The third-order valence-electron chi connectivity index (χ3n) is 4.33. The number of hydrazone groups is 1. The molecule has 2 N–H and O–H groups in total. The van der Waals surface area contributed by atoms with E-state index in [0.29, 0.717) is 22.6 Å². The lowest BCUT2D eigenvalue weighted by atomic mass is 10.2. The van der Waals surface area contributed by atoms with Crippen LogP contribution in [0.25, 0.3) is 11.3 Å². The van der Waals surface area contributed by atoms with E-state index in [1.807, 2.05) is 0 Å². The first-order valence-corrected chi connectivity index (χ1v) is 11.8. The van der Waals surface area contributed by atoms with Crippen molar-refractivity contribution in [2.45, 2.75) is 4.90 Å². The Morgan fingerprint density at radius 2 is 1.67 bits per heavy atom. The molecule has 0 saturated heterocycles. The van der Waals surface area contributed by atoms with Gasteiger partial charge >= 0.3 is 0 Å². The van der Waals surface area contributed by atoms with Gasteiger partial charge in [0.2, 0.25) is 5.95 Å². The number of nitrogens with zero attached hydrogens (tertiary/aromatic N) is 3. The van der Waals surface area contributed by atoms with E-state index in [1.165, 1.54) is 30.7 Å². The summed E-state index contributed by atoms with van der Waals surface area (Å²) < 4.78 is 33.8. The highest BCUT2D eigenvalue weighted by molar-refractivity contribution is 9.10. The van der Waals surface area contributed by atoms with Crippen molar-refractivity contribution in [3.63, 3.8) is 0 Å². The predicted octanol–water partition coefficient (Wildman–Crippen LogP) is 4.06. The van der Waals surface area contributed by atoms with E-state index in [2.05, 4.69) is 41.1 Å². The number of rotatable bonds is 7. The smallest absolute Gasteiger partial charge is 0.271 e. The Hall–Kier alpha value is -3.83. The van der Waals surface area contributed by atoms with Gasteiger partial charge in [0.25, 0.3) is 15.9 Å². The monoisotopic (exact) mass is 525 g/mol. The SMILES string of the molecule is O=C(N/N=C/c1ccc(-c2ccc(S(=O)(=O)Nc3ncccn3)cc2)o1)c1ccc(Br)cc1. The first-order valence-electron chi connectivity index (χ1n) is 9.50. The first-order chi connectivity index (χ1) is 15.9. The van der Waals surface area contributed by atoms with Crippen LogP contribution in [0, 0.1) is 0 Å². The number of halogens is 1. The molecule has 1 amide bonds. The topological polar surface area (TPSA) is 127 Å². The van der Waals surface area contributed by atoms with E-state index in [9.17, 15) is 13.2 Å². The van der Waals surface area contributed by atoms with Crippen LogP contribution in [0.15, 0.2) is 98.0 Å². The summed E-state index contributed by atoms with van der Waals surface area (Å²) in [5.74, 6) is 0.570. The molecule has 4 rings (SSSR count). The summed E-state index contributed by atoms with van der Waals surface area (Å²) in [6.45, 7) is 0. The Balaban J connectivity index is 1.40. The van der Waals surface area contributed by atoms with Crippen molar-refractivity contribution in [1.82, 2.24) is 15.4 Å². The number of anilines is 1. The lowest BCUT2D eigenvalue weighted by Crippen LogP contribution is -2.17. The molecule has 0 bridgehead atoms. The molecular weight excluding hydrogens is 510 g/mol. The number of hydrogen-bond acceptors (Lipinski definition) is 7. The third kappa shape index (κ3) is 5.70. The second kappa shape index (κ2) is 9.76. The number of hydrogen-bond donors (Lipinski definition) is 2. The van der Waals surface area contributed by atoms with E-state index in [0.717, 1.165) is 4.47 Å². The largest absolute Gasteiger partial charge is 0.455 e. The first kappa shape index (κ1) is 22.4. The van der Waals surface area contributed by atoms with Crippen molar-refractivity contribution < 1.29 is 17.6 Å². The van der Waals surface area contributed by atoms with E-state index in [1.54, 1.807) is 54.6 Å². The van der Waals surface area contributed by atoms with Crippen LogP contribution in [0.4, 0.5) is 5.95 Å². The maximum atomic E-state index is 12.5. The number of carbonyl (C=O) groups is 1. The number of amides is 1. The second-order valence-corrected chi connectivity index (χ2v) is 9.21. The Bertz CT molecular complexity index is 1390.